The van der Waals surface area contributed by atoms with Gasteiger partial charge in [0.05, 0.1) is 12.8 Å². The number of carbonyl (C=O) groups excluding carboxylic acids is 2. The molecule has 1 aromatic heterocycles. The lowest BCUT2D eigenvalue weighted by Crippen LogP contribution is -2.30. The molecule has 0 atom stereocenters. The molecule has 2 aromatic rings. The summed E-state index contributed by atoms with van der Waals surface area (Å²) in [6.07, 6.45) is 3.02. The van der Waals surface area contributed by atoms with E-state index in [9.17, 15) is 9.59 Å². The number of amides is 3. The van der Waals surface area contributed by atoms with Gasteiger partial charge < -0.3 is 9.73 Å². The van der Waals surface area contributed by atoms with Crippen LogP contribution in [0, 0.1) is 0 Å². The fourth-order valence-electron chi connectivity index (χ4n) is 2.00. The van der Waals surface area contributed by atoms with Crippen molar-refractivity contribution >= 4 is 33.9 Å². The molecule has 3 amide bonds. The van der Waals surface area contributed by atoms with Crippen molar-refractivity contribution in [3.8, 4) is 0 Å². The predicted octanol–water partition coefficient (Wildman–Crippen LogP) is 3.14. The Balaban J connectivity index is 1.79. The molecule has 1 aromatic carbocycles. The molecule has 5 nitrogen and oxygen atoms in total. The minimum atomic E-state index is -0.430. The second-order valence-electron chi connectivity index (χ2n) is 4.52. The number of nitrogens with zero attached hydrogens (tertiary/aromatic N) is 1. The molecule has 106 valence electrons. The Morgan fingerprint density at radius 3 is 2.62 bits per heavy atom. The van der Waals surface area contributed by atoms with E-state index >= 15 is 0 Å². The highest BCUT2D eigenvalue weighted by atomic mass is 79.9. The number of urea groups is 1. The third kappa shape index (κ3) is 2.90. The van der Waals surface area contributed by atoms with Gasteiger partial charge in [0.1, 0.15) is 11.5 Å². The predicted molar refractivity (Wildman–Crippen MR) is 79.9 cm³/mol. The summed E-state index contributed by atoms with van der Waals surface area (Å²) < 4.78 is 6.09. The summed E-state index contributed by atoms with van der Waals surface area (Å²) in [6.45, 7) is 0.230. The first-order valence-electron chi connectivity index (χ1n) is 6.26. The smallest absolute Gasteiger partial charge is 0.329 e. The lowest BCUT2D eigenvalue weighted by molar-refractivity contribution is -0.123. The van der Waals surface area contributed by atoms with E-state index in [1.165, 1.54) is 12.3 Å². The second kappa shape index (κ2) is 5.57. The number of halogens is 1. The molecule has 0 radical (unpaired) electrons. The van der Waals surface area contributed by atoms with Crippen molar-refractivity contribution in [1.29, 1.82) is 0 Å². The van der Waals surface area contributed by atoms with Crippen LogP contribution in [0.2, 0.25) is 0 Å². The standard InChI is InChI=1S/C15H11BrN2O3/c16-11-5-3-10(4-6-11)9-18-14(19)13(17-15(18)20)8-12-2-1-7-21-12/h1-8H,9H2,(H,17,20). The van der Waals surface area contributed by atoms with Crippen molar-refractivity contribution in [3.05, 3.63) is 64.2 Å². The maximum absolute atomic E-state index is 12.2. The first-order valence-corrected chi connectivity index (χ1v) is 7.05. The molecule has 1 aliphatic heterocycles. The van der Waals surface area contributed by atoms with Gasteiger partial charge in [0.15, 0.2) is 0 Å². The molecule has 0 spiro atoms. The van der Waals surface area contributed by atoms with Gasteiger partial charge in [-0.05, 0) is 29.8 Å². The van der Waals surface area contributed by atoms with Gasteiger partial charge in [0.25, 0.3) is 5.91 Å². The van der Waals surface area contributed by atoms with Crippen LogP contribution in [0.5, 0.6) is 0 Å². The number of hydrogen-bond donors (Lipinski definition) is 1. The SMILES string of the molecule is O=C1NC(=Cc2ccco2)C(=O)N1Cc1ccc(Br)cc1. The van der Waals surface area contributed by atoms with Crippen molar-refractivity contribution in [3.63, 3.8) is 0 Å². The molecular weight excluding hydrogens is 336 g/mol. The van der Waals surface area contributed by atoms with Crippen LogP contribution in [0.3, 0.4) is 0 Å². The number of hydrogen-bond acceptors (Lipinski definition) is 3. The van der Waals surface area contributed by atoms with E-state index in [0.29, 0.717) is 5.76 Å². The molecule has 1 saturated heterocycles. The van der Waals surface area contributed by atoms with Gasteiger partial charge in [-0.2, -0.15) is 0 Å². The topological polar surface area (TPSA) is 62.6 Å². The van der Waals surface area contributed by atoms with Gasteiger partial charge in [0, 0.05) is 10.5 Å². The molecule has 1 fully saturated rings. The molecule has 0 saturated carbocycles. The second-order valence-corrected chi connectivity index (χ2v) is 5.44. The van der Waals surface area contributed by atoms with Gasteiger partial charge in [-0.25, -0.2) is 4.79 Å². The van der Waals surface area contributed by atoms with Crippen molar-refractivity contribution in [1.82, 2.24) is 10.2 Å². The number of imide groups is 1. The lowest BCUT2D eigenvalue weighted by atomic mass is 10.2. The number of nitrogens with one attached hydrogen (secondary N) is 1. The van der Waals surface area contributed by atoms with Crippen LogP contribution in [0.15, 0.2) is 57.2 Å². The van der Waals surface area contributed by atoms with Crippen molar-refractivity contribution in [2.45, 2.75) is 6.54 Å². The van der Waals surface area contributed by atoms with Crippen LogP contribution < -0.4 is 5.32 Å². The lowest BCUT2D eigenvalue weighted by Gasteiger charge is -2.11. The van der Waals surface area contributed by atoms with E-state index in [2.05, 4.69) is 21.2 Å². The van der Waals surface area contributed by atoms with Gasteiger partial charge in [-0.3, -0.25) is 9.69 Å². The van der Waals surface area contributed by atoms with Gasteiger partial charge >= 0.3 is 6.03 Å². The van der Waals surface area contributed by atoms with E-state index in [1.807, 2.05) is 24.3 Å². The number of carbonyl (C=O) groups is 2. The third-order valence-electron chi connectivity index (χ3n) is 3.05. The summed E-state index contributed by atoms with van der Waals surface area (Å²) in [6, 6.07) is 10.5. The Morgan fingerprint density at radius 1 is 1.19 bits per heavy atom. The average Bonchev–Trinajstić information content (AvgIpc) is 3.06. The molecule has 0 bridgehead atoms. The Kier molecular flexibility index (Phi) is 3.62. The maximum Gasteiger partial charge on any atom is 0.329 e. The van der Waals surface area contributed by atoms with E-state index in [0.717, 1.165) is 14.9 Å². The zero-order valence-corrected chi connectivity index (χ0v) is 12.5. The highest BCUT2D eigenvalue weighted by Gasteiger charge is 2.33. The maximum atomic E-state index is 12.2. The Morgan fingerprint density at radius 2 is 1.95 bits per heavy atom. The molecule has 0 aliphatic carbocycles. The molecule has 21 heavy (non-hydrogen) atoms. The molecule has 1 N–H and O–H groups in total. The monoisotopic (exact) mass is 346 g/mol. The minimum Gasteiger partial charge on any atom is -0.465 e. The third-order valence-corrected chi connectivity index (χ3v) is 3.57. The normalized spacial score (nSPS) is 16.6. The Labute approximate surface area is 129 Å². The number of benzene rings is 1. The van der Waals surface area contributed by atoms with Crippen LogP contribution in [0.4, 0.5) is 4.79 Å². The summed E-state index contributed by atoms with van der Waals surface area (Å²) in [5, 5.41) is 2.55. The van der Waals surface area contributed by atoms with Crippen molar-refractivity contribution < 1.29 is 14.0 Å². The van der Waals surface area contributed by atoms with Crippen molar-refractivity contribution in [2.24, 2.45) is 0 Å². The highest BCUT2D eigenvalue weighted by molar-refractivity contribution is 9.10. The fraction of sp³-hybridized carbons (Fsp3) is 0.0667. The van der Waals surface area contributed by atoms with Crippen LogP contribution in [0.25, 0.3) is 6.08 Å². The molecule has 1 aliphatic rings. The Bertz CT molecular complexity index is 705. The quantitative estimate of drug-likeness (QED) is 0.685. The molecule has 0 unspecified atom stereocenters. The molecule has 2 heterocycles. The largest absolute Gasteiger partial charge is 0.465 e. The summed E-state index contributed by atoms with van der Waals surface area (Å²) in [5.41, 5.74) is 1.09. The molecule has 3 rings (SSSR count). The molecular formula is C15H11BrN2O3. The van der Waals surface area contributed by atoms with E-state index < -0.39 is 6.03 Å². The summed E-state index contributed by atoms with van der Waals surface area (Å²) >= 11 is 3.35. The zero-order chi connectivity index (χ0) is 14.8. The number of rotatable bonds is 3. The average molecular weight is 347 g/mol. The fourth-order valence-corrected chi connectivity index (χ4v) is 2.27. The molecule has 6 heteroatoms. The van der Waals surface area contributed by atoms with E-state index in [1.54, 1.807) is 12.1 Å². The zero-order valence-electron chi connectivity index (χ0n) is 10.9. The Hall–Kier alpha value is -2.34. The minimum absolute atomic E-state index is 0.215. The summed E-state index contributed by atoms with van der Waals surface area (Å²) in [7, 11) is 0. The van der Waals surface area contributed by atoms with Gasteiger partial charge in [0.2, 0.25) is 0 Å². The van der Waals surface area contributed by atoms with Crippen LogP contribution in [0.1, 0.15) is 11.3 Å². The van der Waals surface area contributed by atoms with E-state index in [-0.39, 0.29) is 18.1 Å². The van der Waals surface area contributed by atoms with Crippen LogP contribution in [-0.4, -0.2) is 16.8 Å². The first kappa shape index (κ1) is 13.6. The summed E-state index contributed by atoms with van der Waals surface area (Å²) in [4.78, 5) is 25.3. The summed E-state index contributed by atoms with van der Waals surface area (Å²) in [5.74, 6) is 0.156. The number of furan rings is 1. The van der Waals surface area contributed by atoms with Crippen LogP contribution in [-0.2, 0) is 11.3 Å². The van der Waals surface area contributed by atoms with Crippen LogP contribution >= 0.6 is 15.9 Å². The van der Waals surface area contributed by atoms with Crippen molar-refractivity contribution in [2.75, 3.05) is 0 Å². The van der Waals surface area contributed by atoms with Gasteiger partial charge in [-0.1, -0.05) is 28.1 Å². The van der Waals surface area contributed by atoms with E-state index in [4.69, 9.17) is 4.42 Å². The first-order chi connectivity index (χ1) is 10.1. The highest BCUT2D eigenvalue weighted by Crippen LogP contribution is 2.18. The van der Waals surface area contributed by atoms with Gasteiger partial charge in [-0.15, -0.1) is 0 Å².